The third-order valence-electron chi connectivity index (χ3n) is 5.34. The molecule has 9 heteroatoms. The van der Waals surface area contributed by atoms with Gasteiger partial charge in [-0.15, -0.1) is 0 Å². The monoisotopic (exact) mass is 443 g/mol. The Bertz CT molecular complexity index is 1220. The first kappa shape index (κ1) is 21.0. The van der Waals surface area contributed by atoms with Gasteiger partial charge >= 0.3 is 6.01 Å². The third kappa shape index (κ3) is 5.32. The summed E-state index contributed by atoms with van der Waals surface area (Å²) in [5, 5.41) is 1.13. The van der Waals surface area contributed by atoms with Gasteiger partial charge in [0.05, 0.1) is 26.4 Å². The summed E-state index contributed by atoms with van der Waals surface area (Å²) in [6.45, 7) is 3.52. The molecule has 0 spiro atoms. The molecule has 4 heterocycles. The predicted octanol–water partition coefficient (Wildman–Crippen LogP) is 2.83. The van der Waals surface area contributed by atoms with Gasteiger partial charge in [0.2, 0.25) is 5.95 Å². The molecule has 1 saturated heterocycles. The van der Waals surface area contributed by atoms with Gasteiger partial charge in [0.15, 0.2) is 5.82 Å². The molecule has 9 nitrogen and oxygen atoms in total. The number of hydrogen-bond donors (Lipinski definition) is 1. The van der Waals surface area contributed by atoms with Crippen LogP contribution in [0.4, 0.5) is 5.95 Å². The number of morpholine rings is 1. The van der Waals surface area contributed by atoms with Crippen molar-refractivity contribution < 1.29 is 9.47 Å². The van der Waals surface area contributed by atoms with Crippen molar-refractivity contribution in [3.05, 3.63) is 71.9 Å². The van der Waals surface area contributed by atoms with E-state index in [-0.39, 0.29) is 0 Å². The summed E-state index contributed by atoms with van der Waals surface area (Å²) in [4.78, 5) is 27.9. The van der Waals surface area contributed by atoms with Gasteiger partial charge in [-0.1, -0.05) is 24.3 Å². The van der Waals surface area contributed by atoms with Crippen molar-refractivity contribution in [1.29, 1.82) is 0 Å². The molecule has 33 heavy (non-hydrogen) atoms. The predicted molar refractivity (Wildman–Crippen MR) is 126 cm³/mol. The molecular formula is C24H25N7O2. The number of anilines is 1. The lowest BCUT2D eigenvalue weighted by molar-refractivity contribution is 0.122. The van der Waals surface area contributed by atoms with Crippen LogP contribution in [0.15, 0.2) is 59.9 Å². The maximum atomic E-state index is 5.87. The zero-order valence-electron chi connectivity index (χ0n) is 18.2. The normalized spacial score (nSPS) is 14.2. The number of nitrogens with zero attached hydrogens (tertiary/aromatic N) is 6. The Kier molecular flexibility index (Phi) is 6.48. The number of aromatic amines is 1. The molecule has 5 rings (SSSR count). The van der Waals surface area contributed by atoms with E-state index in [9.17, 15) is 0 Å². The number of pyridine rings is 1. The fourth-order valence-electron chi connectivity index (χ4n) is 3.65. The van der Waals surface area contributed by atoms with Gasteiger partial charge in [0.25, 0.3) is 0 Å². The number of para-hydroxylation sites is 1. The Morgan fingerprint density at radius 1 is 1.06 bits per heavy atom. The molecule has 1 aliphatic rings. The summed E-state index contributed by atoms with van der Waals surface area (Å²) < 4.78 is 11.3. The summed E-state index contributed by atoms with van der Waals surface area (Å²) in [7, 11) is 0. The smallest absolute Gasteiger partial charge is 0.321 e. The topological polar surface area (TPSA) is 101 Å². The Balaban J connectivity index is 1.31. The number of hydrogen-bond acceptors (Lipinski definition) is 8. The van der Waals surface area contributed by atoms with Gasteiger partial charge in [0, 0.05) is 60.3 Å². The first-order chi connectivity index (χ1) is 16.3. The second-order valence-electron chi connectivity index (χ2n) is 7.61. The molecule has 0 aliphatic carbocycles. The number of fused-ring (bicyclic) bond motifs is 1. The van der Waals surface area contributed by atoms with E-state index >= 15 is 0 Å². The van der Waals surface area contributed by atoms with Crippen molar-refractivity contribution in [3.8, 4) is 6.01 Å². The average molecular weight is 444 g/mol. The zero-order chi connectivity index (χ0) is 22.3. The Morgan fingerprint density at radius 3 is 2.82 bits per heavy atom. The lowest BCUT2D eigenvalue weighted by Crippen LogP contribution is -2.37. The van der Waals surface area contributed by atoms with E-state index in [2.05, 4.69) is 40.9 Å². The Labute approximate surface area is 191 Å². The summed E-state index contributed by atoms with van der Waals surface area (Å²) in [6.07, 6.45) is 6.25. The minimum atomic E-state index is 0.305. The SMILES string of the molecule is C(=NCc1nc(OCCc2ccccn2)nc(N2CCOCC2)n1)c1c[nH]c2ccccc12. The molecule has 0 atom stereocenters. The highest BCUT2D eigenvalue weighted by Crippen LogP contribution is 2.17. The van der Waals surface area contributed by atoms with Gasteiger partial charge in [-0.2, -0.15) is 15.0 Å². The van der Waals surface area contributed by atoms with Crippen LogP contribution in [0.2, 0.25) is 0 Å². The number of aromatic nitrogens is 5. The van der Waals surface area contributed by atoms with Crippen LogP contribution in [0.3, 0.4) is 0 Å². The van der Waals surface area contributed by atoms with Gasteiger partial charge in [-0.05, 0) is 18.2 Å². The van der Waals surface area contributed by atoms with E-state index in [1.165, 1.54) is 0 Å². The van der Waals surface area contributed by atoms with Crippen molar-refractivity contribution in [2.75, 3.05) is 37.8 Å². The van der Waals surface area contributed by atoms with Crippen LogP contribution in [0.5, 0.6) is 6.01 Å². The lowest BCUT2D eigenvalue weighted by Gasteiger charge is -2.26. The molecule has 1 N–H and O–H groups in total. The lowest BCUT2D eigenvalue weighted by atomic mass is 10.2. The number of ether oxygens (including phenoxy) is 2. The molecule has 3 aromatic heterocycles. The van der Waals surface area contributed by atoms with E-state index in [1.807, 2.05) is 48.8 Å². The maximum absolute atomic E-state index is 5.87. The van der Waals surface area contributed by atoms with Crippen LogP contribution in [0.25, 0.3) is 10.9 Å². The second kappa shape index (κ2) is 10.2. The molecule has 1 aliphatic heterocycles. The quantitative estimate of drug-likeness (QED) is 0.418. The van der Waals surface area contributed by atoms with E-state index in [1.54, 1.807) is 6.20 Å². The van der Waals surface area contributed by atoms with Crippen molar-refractivity contribution in [3.63, 3.8) is 0 Å². The first-order valence-electron chi connectivity index (χ1n) is 11.0. The Morgan fingerprint density at radius 2 is 1.94 bits per heavy atom. The number of rotatable bonds is 8. The fourth-order valence-corrected chi connectivity index (χ4v) is 3.65. The number of nitrogens with one attached hydrogen (secondary N) is 1. The highest BCUT2D eigenvalue weighted by molar-refractivity contribution is 5.98. The van der Waals surface area contributed by atoms with Crippen LogP contribution in [-0.4, -0.2) is 64.0 Å². The molecule has 0 saturated carbocycles. The number of H-pyrrole nitrogens is 1. The van der Waals surface area contributed by atoms with Crippen LogP contribution in [0, 0.1) is 0 Å². The van der Waals surface area contributed by atoms with Crippen LogP contribution in [0.1, 0.15) is 17.1 Å². The van der Waals surface area contributed by atoms with E-state index < -0.39 is 0 Å². The highest BCUT2D eigenvalue weighted by atomic mass is 16.5. The van der Waals surface area contributed by atoms with Crippen molar-refractivity contribution in [2.24, 2.45) is 4.99 Å². The molecule has 0 bridgehead atoms. The summed E-state index contributed by atoms with van der Waals surface area (Å²) in [6, 6.07) is 14.3. The van der Waals surface area contributed by atoms with E-state index in [0.717, 1.165) is 35.2 Å². The van der Waals surface area contributed by atoms with Crippen molar-refractivity contribution in [1.82, 2.24) is 24.9 Å². The molecular weight excluding hydrogens is 418 g/mol. The number of aliphatic imine (C=N–C) groups is 1. The molecule has 0 amide bonds. The minimum absolute atomic E-state index is 0.305. The molecule has 1 fully saturated rings. The summed E-state index contributed by atoms with van der Waals surface area (Å²) in [5.41, 5.74) is 3.07. The number of benzene rings is 1. The van der Waals surface area contributed by atoms with Crippen LogP contribution < -0.4 is 9.64 Å². The molecule has 0 unspecified atom stereocenters. The zero-order valence-corrected chi connectivity index (χ0v) is 18.2. The van der Waals surface area contributed by atoms with Crippen molar-refractivity contribution >= 4 is 23.1 Å². The first-order valence-corrected chi connectivity index (χ1v) is 11.0. The van der Waals surface area contributed by atoms with Crippen LogP contribution >= 0.6 is 0 Å². The molecule has 168 valence electrons. The Hall–Kier alpha value is -3.85. The van der Waals surface area contributed by atoms with Gasteiger partial charge in [-0.25, -0.2) is 0 Å². The molecule has 4 aromatic rings. The largest absolute Gasteiger partial charge is 0.463 e. The van der Waals surface area contributed by atoms with Gasteiger partial charge in [-0.3, -0.25) is 9.98 Å². The molecule has 0 radical (unpaired) electrons. The van der Waals surface area contributed by atoms with Crippen molar-refractivity contribution in [2.45, 2.75) is 13.0 Å². The highest BCUT2D eigenvalue weighted by Gasteiger charge is 2.17. The van der Waals surface area contributed by atoms with Gasteiger partial charge < -0.3 is 19.4 Å². The average Bonchev–Trinajstić information content (AvgIpc) is 3.28. The maximum Gasteiger partial charge on any atom is 0.321 e. The third-order valence-corrected chi connectivity index (χ3v) is 5.34. The standard InChI is InChI=1S/C24H25N7O2/c1-2-7-21-20(6-1)18(16-27-21)15-25-17-22-28-23(31-10-13-32-14-11-31)30-24(29-22)33-12-8-19-5-3-4-9-26-19/h1-7,9,15-16,27H,8,10-14,17H2. The second-order valence-corrected chi connectivity index (χ2v) is 7.61. The van der Waals surface area contributed by atoms with E-state index in [4.69, 9.17) is 9.47 Å². The summed E-state index contributed by atoms with van der Waals surface area (Å²) >= 11 is 0. The summed E-state index contributed by atoms with van der Waals surface area (Å²) in [5.74, 6) is 1.16. The molecule has 1 aromatic carbocycles. The fraction of sp³-hybridized carbons (Fsp3) is 0.292. The van der Waals surface area contributed by atoms with E-state index in [0.29, 0.717) is 50.6 Å². The van der Waals surface area contributed by atoms with Crippen LogP contribution in [-0.2, 0) is 17.7 Å². The van der Waals surface area contributed by atoms with Gasteiger partial charge in [0.1, 0.15) is 0 Å². The minimum Gasteiger partial charge on any atom is -0.463 e.